The Morgan fingerprint density at radius 2 is 2.10 bits per heavy atom. The second-order valence-electron chi connectivity index (χ2n) is 5.98. The number of halogens is 1. The smallest absolute Gasteiger partial charge is 0.0589 e. The highest BCUT2D eigenvalue weighted by Gasteiger charge is 2.35. The van der Waals surface area contributed by atoms with Crippen LogP contribution in [-0.2, 0) is 0 Å². The molecule has 0 saturated heterocycles. The molecule has 0 aliphatic carbocycles. The van der Waals surface area contributed by atoms with Gasteiger partial charge in [-0.3, -0.25) is 0 Å². The minimum atomic E-state index is 0.556. The summed E-state index contributed by atoms with van der Waals surface area (Å²) in [4.78, 5) is 7.39. The van der Waals surface area contributed by atoms with E-state index < -0.39 is 0 Å². The van der Waals surface area contributed by atoms with Crippen LogP contribution in [0.3, 0.4) is 0 Å². The highest BCUT2D eigenvalue weighted by Crippen LogP contribution is 2.54. The van der Waals surface area contributed by atoms with E-state index in [1.165, 1.54) is 26.7 Å². The number of fused-ring (bicyclic) bond motifs is 2. The Balaban J connectivity index is 1.85. The summed E-state index contributed by atoms with van der Waals surface area (Å²) in [6, 6.07) is 12.9. The molecule has 108 valence electrons. The van der Waals surface area contributed by atoms with Crippen LogP contribution in [0.5, 0.6) is 0 Å². The number of hydrogen-bond donors (Lipinski definition) is 0. The van der Waals surface area contributed by atoms with Gasteiger partial charge in [0, 0.05) is 33.8 Å². The molecule has 0 saturated carbocycles. The molecule has 2 aromatic rings. The Morgan fingerprint density at radius 3 is 2.90 bits per heavy atom. The fraction of sp³-hybridized carbons (Fsp3) is 0.294. The van der Waals surface area contributed by atoms with E-state index in [9.17, 15) is 0 Å². The normalized spacial score (nSPS) is 18.9. The van der Waals surface area contributed by atoms with Crippen molar-refractivity contribution in [2.75, 3.05) is 32.1 Å². The van der Waals surface area contributed by atoms with E-state index >= 15 is 0 Å². The Hall–Kier alpha value is -1.16. The molecule has 2 aromatic carbocycles. The molecule has 0 amide bonds. The van der Waals surface area contributed by atoms with Crippen LogP contribution in [0, 0.1) is 0 Å². The van der Waals surface area contributed by atoms with Crippen molar-refractivity contribution >= 4 is 34.7 Å². The molecule has 0 radical (unpaired) electrons. The van der Waals surface area contributed by atoms with Gasteiger partial charge < -0.3 is 9.80 Å². The molecule has 0 fully saturated rings. The molecule has 0 N–H and O–H groups in total. The van der Waals surface area contributed by atoms with Gasteiger partial charge in [0.15, 0.2) is 0 Å². The number of anilines is 2. The van der Waals surface area contributed by atoms with Gasteiger partial charge in [0.05, 0.1) is 11.4 Å². The third-order valence-electron chi connectivity index (χ3n) is 4.16. The summed E-state index contributed by atoms with van der Waals surface area (Å²) in [5, 5.41) is 0.811. The van der Waals surface area contributed by atoms with Crippen LogP contribution in [0.15, 0.2) is 46.2 Å². The molecular formula is C17H17ClN2S. The molecule has 0 bridgehead atoms. The molecule has 1 unspecified atom stereocenters. The lowest BCUT2D eigenvalue weighted by Gasteiger charge is -2.29. The first-order valence-electron chi connectivity index (χ1n) is 7.16. The second-order valence-corrected chi connectivity index (χ2v) is 7.50. The van der Waals surface area contributed by atoms with Gasteiger partial charge in [-0.25, -0.2) is 0 Å². The Kier molecular flexibility index (Phi) is 3.18. The molecule has 2 heterocycles. The number of hydrogen-bond acceptors (Lipinski definition) is 3. The van der Waals surface area contributed by atoms with E-state index in [0.29, 0.717) is 5.92 Å². The second kappa shape index (κ2) is 4.94. The standard InChI is InChI=1S/C17H17ClN2S/c1-19(2)9-11-10-20-14-8-12(18)6-7-15(14)21-16-5-3-4-13(11)17(16)20/h3-8,11H,9-10H2,1-2H3. The molecule has 1 atom stereocenters. The Labute approximate surface area is 134 Å². The first-order chi connectivity index (χ1) is 10.1. The minimum Gasteiger partial charge on any atom is -0.339 e. The molecule has 4 rings (SSSR count). The Bertz CT molecular complexity index is 714. The number of nitrogens with zero attached hydrogens (tertiary/aromatic N) is 2. The summed E-state index contributed by atoms with van der Waals surface area (Å²) in [6.07, 6.45) is 0. The van der Waals surface area contributed by atoms with Crippen LogP contribution in [0.2, 0.25) is 5.02 Å². The van der Waals surface area contributed by atoms with Crippen molar-refractivity contribution in [1.29, 1.82) is 0 Å². The zero-order chi connectivity index (χ0) is 14.6. The van der Waals surface area contributed by atoms with E-state index in [2.05, 4.69) is 54.2 Å². The van der Waals surface area contributed by atoms with Gasteiger partial charge in [-0.2, -0.15) is 0 Å². The van der Waals surface area contributed by atoms with Crippen LogP contribution in [0.4, 0.5) is 11.4 Å². The number of likely N-dealkylation sites (N-methyl/N-ethyl adjacent to an activating group) is 1. The zero-order valence-corrected chi connectivity index (χ0v) is 13.7. The first-order valence-corrected chi connectivity index (χ1v) is 8.35. The lowest BCUT2D eigenvalue weighted by molar-refractivity contribution is 0.380. The molecule has 4 heteroatoms. The van der Waals surface area contributed by atoms with Crippen LogP contribution in [0.25, 0.3) is 0 Å². The fourth-order valence-corrected chi connectivity index (χ4v) is 4.66. The summed E-state index contributed by atoms with van der Waals surface area (Å²) < 4.78 is 0. The molecule has 2 aliphatic heterocycles. The summed E-state index contributed by atoms with van der Waals surface area (Å²) in [5.74, 6) is 0.556. The van der Waals surface area contributed by atoms with Crippen molar-refractivity contribution in [2.24, 2.45) is 0 Å². The number of benzene rings is 2. The predicted molar refractivity (Wildman–Crippen MR) is 90.3 cm³/mol. The van der Waals surface area contributed by atoms with Crippen molar-refractivity contribution in [3.63, 3.8) is 0 Å². The van der Waals surface area contributed by atoms with Crippen molar-refractivity contribution in [3.05, 3.63) is 47.0 Å². The number of para-hydroxylation sites is 1. The van der Waals surface area contributed by atoms with Gasteiger partial charge in [0.1, 0.15) is 0 Å². The average Bonchev–Trinajstić information content (AvgIpc) is 2.80. The van der Waals surface area contributed by atoms with E-state index in [-0.39, 0.29) is 0 Å². The van der Waals surface area contributed by atoms with E-state index in [1.54, 1.807) is 0 Å². The van der Waals surface area contributed by atoms with Crippen molar-refractivity contribution in [3.8, 4) is 0 Å². The van der Waals surface area contributed by atoms with E-state index in [0.717, 1.165) is 18.1 Å². The van der Waals surface area contributed by atoms with Gasteiger partial charge in [-0.15, -0.1) is 0 Å². The van der Waals surface area contributed by atoms with Crippen molar-refractivity contribution < 1.29 is 0 Å². The van der Waals surface area contributed by atoms with Gasteiger partial charge in [-0.05, 0) is 43.9 Å². The third-order valence-corrected chi connectivity index (χ3v) is 5.51. The van der Waals surface area contributed by atoms with Crippen LogP contribution < -0.4 is 4.90 Å². The van der Waals surface area contributed by atoms with Gasteiger partial charge in [0.2, 0.25) is 0 Å². The summed E-state index contributed by atoms with van der Waals surface area (Å²) >= 11 is 8.08. The topological polar surface area (TPSA) is 6.48 Å². The summed E-state index contributed by atoms with van der Waals surface area (Å²) in [6.45, 7) is 2.12. The van der Waals surface area contributed by atoms with Crippen LogP contribution >= 0.6 is 23.4 Å². The van der Waals surface area contributed by atoms with Crippen molar-refractivity contribution in [2.45, 2.75) is 15.7 Å². The molecule has 2 nitrogen and oxygen atoms in total. The van der Waals surface area contributed by atoms with Crippen molar-refractivity contribution in [1.82, 2.24) is 4.90 Å². The molecular weight excluding hydrogens is 300 g/mol. The van der Waals surface area contributed by atoms with E-state index in [4.69, 9.17) is 11.6 Å². The van der Waals surface area contributed by atoms with Crippen LogP contribution in [-0.4, -0.2) is 32.1 Å². The zero-order valence-electron chi connectivity index (χ0n) is 12.1. The van der Waals surface area contributed by atoms with Gasteiger partial charge >= 0.3 is 0 Å². The van der Waals surface area contributed by atoms with E-state index in [1.807, 2.05) is 17.8 Å². The average molecular weight is 317 g/mol. The fourth-order valence-electron chi connectivity index (χ4n) is 3.37. The third kappa shape index (κ3) is 2.15. The Morgan fingerprint density at radius 1 is 1.24 bits per heavy atom. The quantitative estimate of drug-likeness (QED) is 0.799. The van der Waals surface area contributed by atoms with Crippen LogP contribution in [0.1, 0.15) is 11.5 Å². The molecule has 2 aliphatic rings. The minimum absolute atomic E-state index is 0.556. The highest BCUT2D eigenvalue weighted by molar-refractivity contribution is 7.99. The maximum absolute atomic E-state index is 6.22. The SMILES string of the molecule is CN(C)CC1CN2c3cc(Cl)ccc3Sc3cccc1c32. The highest BCUT2D eigenvalue weighted by atomic mass is 35.5. The molecule has 21 heavy (non-hydrogen) atoms. The number of rotatable bonds is 2. The van der Waals surface area contributed by atoms with Gasteiger partial charge in [-0.1, -0.05) is 35.5 Å². The maximum Gasteiger partial charge on any atom is 0.0589 e. The maximum atomic E-state index is 6.22. The summed E-state index contributed by atoms with van der Waals surface area (Å²) in [5.41, 5.74) is 4.12. The molecule has 0 spiro atoms. The first kappa shape index (κ1) is 13.5. The monoisotopic (exact) mass is 316 g/mol. The predicted octanol–water partition coefficient (Wildman–Crippen LogP) is 4.60. The molecule has 0 aromatic heterocycles. The largest absolute Gasteiger partial charge is 0.339 e. The van der Waals surface area contributed by atoms with Gasteiger partial charge in [0.25, 0.3) is 0 Å². The lowest BCUT2D eigenvalue weighted by atomic mass is 10.0. The lowest BCUT2D eigenvalue weighted by Crippen LogP contribution is -2.24. The summed E-state index contributed by atoms with van der Waals surface area (Å²) in [7, 11) is 4.29.